The maximum absolute atomic E-state index is 12.0. The molecule has 0 atom stereocenters. The molecular weight excluding hydrogens is 439 g/mol. The Morgan fingerprint density at radius 1 is 1.36 bits per heavy atom. The van der Waals surface area contributed by atoms with Gasteiger partial charge in [-0.25, -0.2) is 5.43 Å². The van der Waals surface area contributed by atoms with E-state index < -0.39 is 0 Å². The average molecular weight is 454 g/mol. The molecule has 1 aliphatic heterocycles. The third-order valence-corrected chi connectivity index (χ3v) is 4.30. The van der Waals surface area contributed by atoms with Crippen LogP contribution in [0, 0.1) is 3.57 Å². The second-order valence-corrected chi connectivity index (χ2v) is 6.37. The molecule has 3 rings (SSSR count). The Labute approximate surface area is 157 Å². The van der Waals surface area contributed by atoms with Gasteiger partial charge in [-0.05, 0) is 58.0 Å². The fourth-order valence-electron chi connectivity index (χ4n) is 2.28. The lowest BCUT2D eigenvalue weighted by atomic mass is 10.1. The summed E-state index contributed by atoms with van der Waals surface area (Å²) in [5.74, 6) is 1.49. The highest BCUT2D eigenvalue weighted by molar-refractivity contribution is 14.1. The van der Waals surface area contributed by atoms with E-state index in [9.17, 15) is 9.90 Å². The SMILES string of the molecule is COc1cc(C=NNC(=O)Cc2ccc3c(c2)OCO3)cc(I)c1O. The van der Waals surface area contributed by atoms with Crippen LogP contribution in [0.25, 0.3) is 0 Å². The first-order valence-corrected chi connectivity index (χ1v) is 8.41. The minimum absolute atomic E-state index is 0.0760. The highest BCUT2D eigenvalue weighted by Gasteiger charge is 2.14. The number of hydrazone groups is 1. The zero-order chi connectivity index (χ0) is 17.8. The summed E-state index contributed by atoms with van der Waals surface area (Å²) in [6, 6.07) is 8.72. The lowest BCUT2D eigenvalue weighted by molar-refractivity contribution is -0.120. The number of hydrogen-bond acceptors (Lipinski definition) is 6. The second-order valence-electron chi connectivity index (χ2n) is 5.21. The monoisotopic (exact) mass is 454 g/mol. The molecule has 25 heavy (non-hydrogen) atoms. The van der Waals surface area contributed by atoms with E-state index in [1.54, 1.807) is 24.3 Å². The Bertz CT molecular complexity index is 838. The number of hydrogen-bond donors (Lipinski definition) is 2. The number of phenolic OH excluding ortho intramolecular Hbond substituents is 1. The number of rotatable bonds is 5. The first-order valence-electron chi connectivity index (χ1n) is 7.34. The Balaban J connectivity index is 1.60. The van der Waals surface area contributed by atoms with Crippen molar-refractivity contribution in [1.82, 2.24) is 5.43 Å². The number of halogens is 1. The number of fused-ring (bicyclic) bond motifs is 1. The number of nitrogens with zero attached hydrogens (tertiary/aromatic N) is 1. The maximum atomic E-state index is 12.0. The molecular formula is C17H15IN2O5. The van der Waals surface area contributed by atoms with Crippen LogP contribution in [0.2, 0.25) is 0 Å². The van der Waals surface area contributed by atoms with Crippen molar-refractivity contribution >= 4 is 34.7 Å². The molecule has 0 unspecified atom stereocenters. The molecule has 7 nitrogen and oxygen atoms in total. The Kier molecular flexibility index (Phi) is 5.27. The molecule has 1 amide bonds. The van der Waals surface area contributed by atoms with E-state index in [0.717, 1.165) is 5.56 Å². The zero-order valence-corrected chi connectivity index (χ0v) is 15.4. The van der Waals surface area contributed by atoms with Crippen molar-refractivity contribution < 1.29 is 24.1 Å². The lowest BCUT2D eigenvalue weighted by Gasteiger charge is -2.06. The highest BCUT2D eigenvalue weighted by atomic mass is 127. The van der Waals surface area contributed by atoms with Crippen LogP contribution in [0.4, 0.5) is 0 Å². The van der Waals surface area contributed by atoms with Crippen LogP contribution >= 0.6 is 22.6 Å². The van der Waals surface area contributed by atoms with Crippen LogP contribution in [0.3, 0.4) is 0 Å². The van der Waals surface area contributed by atoms with Crippen molar-refractivity contribution in [2.24, 2.45) is 5.10 Å². The van der Waals surface area contributed by atoms with E-state index in [4.69, 9.17) is 14.2 Å². The van der Waals surface area contributed by atoms with Crippen molar-refractivity contribution in [2.45, 2.75) is 6.42 Å². The van der Waals surface area contributed by atoms with Gasteiger partial charge < -0.3 is 19.3 Å². The Hall–Kier alpha value is -2.49. The van der Waals surface area contributed by atoms with Gasteiger partial charge >= 0.3 is 0 Å². The largest absolute Gasteiger partial charge is 0.504 e. The van der Waals surface area contributed by atoms with Crippen molar-refractivity contribution in [2.75, 3.05) is 13.9 Å². The summed E-state index contributed by atoms with van der Waals surface area (Å²) in [7, 11) is 1.47. The van der Waals surface area contributed by atoms with Crippen molar-refractivity contribution in [3.63, 3.8) is 0 Å². The fourth-order valence-corrected chi connectivity index (χ4v) is 2.90. The van der Waals surface area contributed by atoms with Gasteiger partial charge in [0.05, 0.1) is 23.3 Å². The molecule has 0 aliphatic carbocycles. The van der Waals surface area contributed by atoms with Crippen LogP contribution in [-0.2, 0) is 11.2 Å². The van der Waals surface area contributed by atoms with Crippen molar-refractivity contribution in [1.29, 1.82) is 0 Å². The van der Waals surface area contributed by atoms with E-state index in [1.807, 2.05) is 28.7 Å². The molecule has 1 heterocycles. The van der Waals surface area contributed by atoms with Gasteiger partial charge in [0.15, 0.2) is 23.0 Å². The van der Waals surface area contributed by atoms with Crippen LogP contribution in [0.5, 0.6) is 23.0 Å². The zero-order valence-electron chi connectivity index (χ0n) is 13.3. The number of carbonyl (C=O) groups excluding carboxylic acids is 1. The molecule has 0 saturated carbocycles. The quantitative estimate of drug-likeness (QED) is 0.412. The Morgan fingerprint density at radius 3 is 2.96 bits per heavy atom. The van der Waals surface area contributed by atoms with Gasteiger partial charge in [0.2, 0.25) is 12.7 Å². The van der Waals surface area contributed by atoms with E-state index in [0.29, 0.717) is 26.4 Å². The topological polar surface area (TPSA) is 89.4 Å². The van der Waals surface area contributed by atoms with E-state index in [-0.39, 0.29) is 24.9 Å². The van der Waals surface area contributed by atoms with Gasteiger partial charge in [-0.3, -0.25) is 4.79 Å². The number of carbonyl (C=O) groups is 1. The van der Waals surface area contributed by atoms with Gasteiger partial charge in [0, 0.05) is 0 Å². The summed E-state index contributed by atoms with van der Waals surface area (Å²) in [6.07, 6.45) is 1.66. The fraction of sp³-hybridized carbons (Fsp3) is 0.176. The maximum Gasteiger partial charge on any atom is 0.244 e. The second kappa shape index (κ2) is 7.60. The predicted octanol–water partition coefficient (Wildman–Crippen LogP) is 2.43. The number of benzene rings is 2. The molecule has 0 spiro atoms. The van der Waals surface area contributed by atoms with Crippen LogP contribution < -0.4 is 19.6 Å². The molecule has 2 aromatic carbocycles. The molecule has 0 aromatic heterocycles. The lowest BCUT2D eigenvalue weighted by Crippen LogP contribution is -2.19. The van der Waals surface area contributed by atoms with Crippen molar-refractivity contribution in [3.05, 3.63) is 45.0 Å². The number of amides is 1. The number of ether oxygens (including phenoxy) is 3. The standard InChI is InChI=1S/C17H15IN2O5/c1-23-15-6-11(4-12(18)17(15)22)8-19-20-16(21)7-10-2-3-13-14(5-10)25-9-24-13/h2-6,8,22H,7,9H2,1H3,(H,20,21). The number of methoxy groups -OCH3 is 1. The van der Waals surface area contributed by atoms with Gasteiger partial charge in [0.1, 0.15) is 0 Å². The van der Waals surface area contributed by atoms with Crippen LogP contribution in [0.1, 0.15) is 11.1 Å². The van der Waals surface area contributed by atoms with E-state index in [1.165, 1.54) is 13.3 Å². The summed E-state index contributed by atoms with van der Waals surface area (Å²) in [5, 5.41) is 13.7. The summed E-state index contributed by atoms with van der Waals surface area (Å²) >= 11 is 1.99. The Morgan fingerprint density at radius 2 is 2.16 bits per heavy atom. The van der Waals surface area contributed by atoms with Gasteiger partial charge in [0.25, 0.3) is 0 Å². The average Bonchev–Trinajstić information content (AvgIpc) is 3.05. The minimum atomic E-state index is -0.254. The molecule has 0 saturated heterocycles. The third-order valence-electron chi connectivity index (χ3n) is 3.48. The van der Waals surface area contributed by atoms with Gasteiger partial charge in [-0.1, -0.05) is 6.07 Å². The van der Waals surface area contributed by atoms with Gasteiger partial charge in [-0.2, -0.15) is 5.10 Å². The molecule has 2 N–H and O–H groups in total. The van der Waals surface area contributed by atoms with Crippen LogP contribution in [0.15, 0.2) is 35.4 Å². The number of aromatic hydroxyl groups is 1. The summed E-state index contributed by atoms with van der Waals surface area (Å²) < 4.78 is 16.2. The highest BCUT2D eigenvalue weighted by Crippen LogP contribution is 2.33. The molecule has 0 radical (unpaired) electrons. The first-order chi connectivity index (χ1) is 12.1. The summed E-state index contributed by atoms with van der Waals surface area (Å²) in [5.41, 5.74) is 3.97. The number of phenols is 1. The molecule has 8 heteroatoms. The summed E-state index contributed by atoms with van der Waals surface area (Å²) in [6.45, 7) is 0.199. The summed E-state index contributed by atoms with van der Waals surface area (Å²) in [4.78, 5) is 12.0. The molecule has 2 aromatic rings. The first kappa shape index (κ1) is 17.3. The molecule has 0 fully saturated rings. The molecule has 0 bridgehead atoms. The smallest absolute Gasteiger partial charge is 0.244 e. The third kappa shape index (κ3) is 4.13. The predicted molar refractivity (Wildman–Crippen MR) is 99.4 cm³/mol. The van der Waals surface area contributed by atoms with Crippen molar-refractivity contribution in [3.8, 4) is 23.0 Å². The van der Waals surface area contributed by atoms with Crippen LogP contribution in [-0.4, -0.2) is 31.1 Å². The normalized spacial score (nSPS) is 12.4. The van der Waals surface area contributed by atoms with E-state index >= 15 is 0 Å². The molecule has 1 aliphatic rings. The molecule has 130 valence electrons. The van der Waals surface area contributed by atoms with E-state index in [2.05, 4.69) is 10.5 Å². The number of nitrogens with one attached hydrogen (secondary N) is 1. The van der Waals surface area contributed by atoms with Gasteiger partial charge in [-0.15, -0.1) is 0 Å². The minimum Gasteiger partial charge on any atom is -0.504 e.